The third-order valence-corrected chi connectivity index (χ3v) is 5.62. The minimum absolute atomic E-state index is 0.122. The first-order chi connectivity index (χ1) is 15.5. The van der Waals surface area contributed by atoms with Crippen LogP contribution in [0.3, 0.4) is 0 Å². The Labute approximate surface area is 190 Å². The Bertz CT molecular complexity index is 1190. The molecule has 1 aliphatic rings. The quantitative estimate of drug-likeness (QED) is 0.512. The molecule has 1 heterocycles. The Kier molecular flexibility index (Phi) is 6.15. The molecule has 0 atom stereocenters. The lowest BCUT2D eigenvalue weighted by Gasteiger charge is -2.15. The highest BCUT2D eigenvalue weighted by Crippen LogP contribution is 2.49. The van der Waals surface area contributed by atoms with Crippen molar-refractivity contribution in [2.24, 2.45) is 5.41 Å². The highest BCUT2D eigenvalue weighted by atomic mass is 35.5. The van der Waals surface area contributed by atoms with E-state index in [1.165, 1.54) is 18.7 Å². The number of ketones is 1. The molecular formula is C24H19ClN4O3. The van der Waals surface area contributed by atoms with Crippen molar-refractivity contribution in [2.45, 2.75) is 25.8 Å². The van der Waals surface area contributed by atoms with Crippen LogP contribution in [0.4, 0.5) is 0 Å². The van der Waals surface area contributed by atoms with Crippen LogP contribution >= 0.6 is 11.6 Å². The van der Waals surface area contributed by atoms with Gasteiger partial charge in [-0.2, -0.15) is 5.26 Å². The van der Waals surface area contributed by atoms with Crippen LogP contribution in [0.5, 0.6) is 11.5 Å². The summed E-state index contributed by atoms with van der Waals surface area (Å²) >= 11 is 5.91. The first-order valence-corrected chi connectivity index (χ1v) is 10.4. The molecule has 8 heteroatoms. The van der Waals surface area contributed by atoms with E-state index < -0.39 is 5.41 Å². The number of ether oxygens (including phenoxy) is 1. The number of halogens is 1. The fourth-order valence-corrected chi connectivity index (χ4v) is 3.51. The largest absolute Gasteiger partial charge is 0.456 e. The second-order valence-corrected chi connectivity index (χ2v) is 8.12. The molecule has 1 aromatic heterocycles. The summed E-state index contributed by atoms with van der Waals surface area (Å²) in [5, 5.41) is 12.6. The smallest absolute Gasteiger partial charge is 0.226 e. The van der Waals surface area contributed by atoms with E-state index in [9.17, 15) is 14.9 Å². The third-order valence-electron chi connectivity index (χ3n) is 5.38. The van der Waals surface area contributed by atoms with Gasteiger partial charge in [0.25, 0.3) is 0 Å². The average Bonchev–Trinajstić information content (AvgIpc) is 3.60. The van der Waals surface area contributed by atoms with E-state index in [-0.39, 0.29) is 18.1 Å². The van der Waals surface area contributed by atoms with Crippen molar-refractivity contribution in [3.05, 3.63) is 82.9 Å². The number of nitrogens with one attached hydrogen (secondary N) is 1. The molecule has 0 aliphatic heterocycles. The Morgan fingerprint density at radius 1 is 1.12 bits per heavy atom. The van der Waals surface area contributed by atoms with Crippen molar-refractivity contribution in [3.63, 3.8) is 0 Å². The van der Waals surface area contributed by atoms with Gasteiger partial charge < -0.3 is 10.1 Å². The minimum Gasteiger partial charge on any atom is -0.456 e. The third kappa shape index (κ3) is 4.93. The summed E-state index contributed by atoms with van der Waals surface area (Å²) in [4.78, 5) is 32.9. The summed E-state index contributed by atoms with van der Waals surface area (Å²) in [5.41, 5.74) is 1.02. The van der Waals surface area contributed by atoms with Gasteiger partial charge in [-0.15, -0.1) is 0 Å². The van der Waals surface area contributed by atoms with Crippen LogP contribution < -0.4 is 10.1 Å². The zero-order chi connectivity index (χ0) is 22.6. The van der Waals surface area contributed by atoms with Crippen molar-refractivity contribution in [1.29, 1.82) is 5.26 Å². The van der Waals surface area contributed by atoms with Crippen LogP contribution in [0.15, 0.2) is 61.2 Å². The first kappa shape index (κ1) is 21.5. The van der Waals surface area contributed by atoms with E-state index in [0.717, 1.165) is 5.56 Å². The molecule has 0 spiro atoms. The highest BCUT2D eigenvalue weighted by molar-refractivity contribution is 6.30. The van der Waals surface area contributed by atoms with Gasteiger partial charge in [-0.3, -0.25) is 9.59 Å². The van der Waals surface area contributed by atoms with Gasteiger partial charge in [-0.1, -0.05) is 23.7 Å². The van der Waals surface area contributed by atoms with E-state index in [1.807, 2.05) is 12.1 Å². The predicted molar refractivity (Wildman–Crippen MR) is 117 cm³/mol. The van der Waals surface area contributed by atoms with Gasteiger partial charge >= 0.3 is 0 Å². The van der Waals surface area contributed by atoms with E-state index in [0.29, 0.717) is 47.0 Å². The number of benzene rings is 2. The predicted octanol–water partition coefficient (Wildman–Crippen LogP) is 4.46. The Hall–Kier alpha value is -3.76. The minimum atomic E-state index is -0.641. The summed E-state index contributed by atoms with van der Waals surface area (Å²) in [6.07, 6.45) is 5.83. The molecule has 0 unspecified atom stereocenters. The van der Waals surface area contributed by atoms with Crippen LogP contribution in [0, 0.1) is 16.7 Å². The van der Waals surface area contributed by atoms with Gasteiger partial charge in [-0.25, -0.2) is 9.97 Å². The molecule has 32 heavy (non-hydrogen) atoms. The molecule has 4 rings (SSSR count). The second-order valence-electron chi connectivity index (χ2n) is 7.69. The normalized spacial score (nSPS) is 13.6. The van der Waals surface area contributed by atoms with Gasteiger partial charge in [0.2, 0.25) is 5.91 Å². The fraction of sp³-hybridized carbons (Fsp3) is 0.208. The van der Waals surface area contributed by atoms with Crippen LogP contribution in [0.2, 0.25) is 5.02 Å². The van der Waals surface area contributed by atoms with Crippen LogP contribution in [-0.2, 0) is 11.3 Å². The van der Waals surface area contributed by atoms with Gasteiger partial charge in [0.1, 0.15) is 23.9 Å². The number of nitriles is 1. The van der Waals surface area contributed by atoms with Crippen molar-refractivity contribution in [2.75, 3.05) is 0 Å². The monoisotopic (exact) mass is 446 g/mol. The lowest BCUT2D eigenvalue weighted by molar-refractivity contribution is -0.126. The second kappa shape index (κ2) is 9.16. The topological polar surface area (TPSA) is 105 Å². The number of hydrogen-bond acceptors (Lipinski definition) is 6. The van der Waals surface area contributed by atoms with Gasteiger partial charge in [0.15, 0.2) is 5.78 Å². The van der Waals surface area contributed by atoms with E-state index in [1.54, 1.807) is 30.3 Å². The van der Waals surface area contributed by atoms with E-state index in [2.05, 4.69) is 21.4 Å². The Morgan fingerprint density at radius 3 is 2.50 bits per heavy atom. The van der Waals surface area contributed by atoms with Gasteiger partial charge in [0, 0.05) is 30.4 Å². The first-order valence-electron chi connectivity index (χ1n) is 10.0. The van der Waals surface area contributed by atoms with Crippen molar-refractivity contribution < 1.29 is 14.3 Å². The SMILES string of the molecule is N#Cc1cc(Cl)ccc1Oc1ccc(CNC(=O)C2(CC(=O)c3cncnc3)CC2)cc1. The zero-order valence-electron chi connectivity index (χ0n) is 17.0. The van der Waals surface area contributed by atoms with E-state index in [4.69, 9.17) is 16.3 Å². The molecule has 2 aromatic carbocycles. The van der Waals surface area contributed by atoms with Crippen molar-refractivity contribution in [3.8, 4) is 17.6 Å². The summed E-state index contributed by atoms with van der Waals surface area (Å²) in [6.45, 7) is 0.341. The van der Waals surface area contributed by atoms with Crippen molar-refractivity contribution >= 4 is 23.3 Å². The molecule has 1 fully saturated rings. The molecule has 0 radical (unpaired) electrons. The highest BCUT2D eigenvalue weighted by Gasteiger charge is 2.50. The van der Waals surface area contributed by atoms with Crippen molar-refractivity contribution in [1.82, 2.24) is 15.3 Å². The maximum Gasteiger partial charge on any atom is 0.226 e. The number of amides is 1. The number of rotatable bonds is 8. The molecule has 160 valence electrons. The van der Waals surface area contributed by atoms with Gasteiger partial charge in [-0.05, 0) is 48.7 Å². The molecular weight excluding hydrogens is 428 g/mol. The lowest BCUT2D eigenvalue weighted by atomic mass is 9.95. The summed E-state index contributed by atoms with van der Waals surface area (Å²) in [5.74, 6) is 0.733. The number of nitrogens with zero attached hydrogens (tertiary/aromatic N) is 3. The molecule has 1 amide bonds. The van der Waals surface area contributed by atoms with Crippen LogP contribution in [0.25, 0.3) is 0 Å². The summed E-state index contributed by atoms with van der Waals surface area (Å²) < 4.78 is 5.77. The molecule has 0 bridgehead atoms. The van der Waals surface area contributed by atoms with Crippen LogP contribution in [-0.4, -0.2) is 21.7 Å². The fourth-order valence-electron chi connectivity index (χ4n) is 3.34. The number of hydrogen-bond donors (Lipinski definition) is 1. The standard InChI is InChI=1S/C24H19ClN4O3/c25-19-3-6-22(17(9-19)11-26)32-20-4-1-16(2-5-20)12-29-23(31)24(7-8-24)10-21(30)18-13-27-15-28-14-18/h1-6,9,13-15H,7-8,10,12H2,(H,29,31). The Morgan fingerprint density at radius 2 is 1.84 bits per heavy atom. The lowest BCUT2D eigenvalue weighted by Crippen LogP contribution is -2.33. The number of Topliss-reactive ketones (excluding diaryl/α,β-unsaturated/α-hetero) is 1. The summed E-state index contributed by atoms with van der Waals surface area (Å²) in [7, 11) is 0. The molecule has 3 aromatic rings. The summed E-state index contributed by atoms with van der Waals surface area (Å²) in [6, 6.07) is 14.1. The Balaban J connectivity index is 1.33. The zero-order valence-corrected chi connectivity index (χ0v) is 17.8. The average molecular weight is 447 g/mol. The maximum atomic E-state index is 12.7. The number of carbonyl (C=O) groups is 2. The maximum absolute atomic E-state index is 12.7. The molecule has 1 saturated carbocycles. The number of carbonyl (C=O) groups excluding carboxylic acids is 2. The van der Waals surface area contributed by atoms with Crippen LogP contribution in [0.1, 0.15) is 40.7 Å². The molecule has 1 aliphatic carbocycles. The molecule has 7 nitrogen and oxygen atoms in total. The molecule has 0 saturated heterocycles. The molecule has 1 N–H and O–H groups in total. The number of aromatic nitrogens is 2. The van der Waals surface area contributed by atoms with Gasteiger partial charge in [0.05, 0.1) is 16.5 Å². The van der Waals surface area contributed by atoms with E-state index >= 15 is 0 Å².